The van der Waals surface area contributed by atoms with E-state index in [9.17, 15) is 0 Å². The zero-order valence-electron chi connectivity index (χ0n) is 11.5. The zero-order chi connectivity index (χ0) is 13.3. The van der Waals surface area contributed by atoms with Crippen LogP contribution < -0.4 is 10.6 Å². The second-order valence-corrected chi connectivity index (χ2v) is 6.50. The van der Waals surface area contributed by atoms with Crippen molar-refractivity contribution < 1.29 is 0 Å². The van der Waals surface area contributed by atoms with Crippen LogP contribution in [0.4, 0.5) is 5.69 Å². The fourth-order valence-electron chi connectivity index (χ4n) is 2.87. The summed E-state index contributed by atoms with van der Waals surface area (Å²) >= 11 is 3.65. The van der Waals surface area contributed by atoms with Gasteiger partial charge in [0.2, 0.25) is 0 Å². The molecule has 3 heteroatoms. The number of benzene rings is 1. The maximum atomic E-state index is 5.95. The lowest BCUT2D eigenvalue weighted by Gasteiger charge is -2.30. The van der Waals surface area contributed by atoms with E-state index in [1.807, 2.05) is 6.92 Å². The van der Waals surface area contributed by atoms with Crippen LogP contribution in [0.25, 0.3) is 0 Å². The Morgan fingerprint density at radius 2 is 2.06 bits per heavy atom. The Bertz CT molecular complexity index is 415. The summed E-state index contributed by atoms with van der Waals surface area (Å²) in [6.07, 6.45) is 2.61. The van der Waals surface area contributed by atoms with Gasteiger partial charge in [0.1, 0.15) is 0 Å². The molecule has 0 spiro atoms. The van der Waals surface area contributed by atoms with Crippen LogP contribution in [0.1, 0.15) is 45.2 Å². The first-order valence-corrected chi connectivity index (χ1v) is 7.61. The molecule has 18 heavy (non-hydrogen) atoms. The number of rotatable bonds is 3. The molecule has 2 atom stereocenters. The Labute approximate surface area is 119 Å². The summed E-state index contributed by atoms with van der Waals surface area (Å²) in [5.41, 5.74) is 8.45. The van der Waals surface area contributed by atoms with Crippen LogP contribution in [0.2, 0.25) is 0 Å². The molecule has 1 aromatic rings. The molecule has 1 fully saturated rings. The monoisotopic (exact) mass is 310 g/mol. The SMILES string of the molecule is CC(C)C1CCCN1c1ccc([C@H](C)N)c(Br)c1. The molecule has 1 aliphatic rings. The highest BCUT2D eigenvalue weighted by Gasteiger charge is 2.27. The first-order chi connectivity index (χ1) is 8.50. The molecule has 0 saturated carbocycles. The average molecular weight is 311 g/mol. The van der Waals surface area contributed by atoms with Crippen molar-refractivity contribution in [1.29, 1.82) is 0 Å². The number of nitrogens with two attached hydrogens (primary N) is 1. The Kier molecular flexibility index (Phi) is 4.33. The van der Waals surface area contributed by atoms with E-state index >= 15 is 0 Å². The summed E-state index contributed by atoms with van der Waals surface area (Å²) < 4.78 is 1.13. The Hall–Kier alpha value is -0.540. The number of hydrogen-bond donors (Lipinski definition) is 1. The smallest absolute Gasteiger partial charge is 0.0380 e. The molecular formula is C15H23BrN2. The molecule has 0 aromatic heterocycles. The molecule has 1 saturated heterocycles. The molecule has 100 valence electrons. The molecule has 2 rings (SSSR count). The average Bonchev–Trinajstić information content (AvgIpc) is 2.77. The third-order valence-corrected chi connectivity index (χ3v) is 4.56. The van der Waals surface area contributed by atoms with E-state index in [2.05, 4.69) is 52.9 Å². The highest BCUT2D eigenvalue weighted by molar-refractivity contribution is 9.10. The number of nitrogens with zero attached hydrogens (tertiary/aromatic N) is 1. The van der Waals surface area contributed by atoms with Crippen LogP contribution in [0, 0.1) is 5.92 Å². The third-order valence-electron chi connectivity index (χ3n) is 3.88. The van der Waals surface area contributed by atoms with Gasteiger partial charge in [0.05, 0.1) is 0 Å². The molecule has 1 unspecified atom stereocenters. The third kappa shape index (κ3) is 2.72. The summed E-state index contributed by atoms with van der Waals surface area (Å²) in [5, 5.41) is 0. The minimum atomic E-state index is 0.0768. The molecule has 1 aliphatic heterocycles. The van der Waals surface area contributed by atoms with Crippen LogP contribution in [0.3, 0.4) is 0 Å². The van der Waals surface area contributed by atoms with Crippen molar-refractivity contribution in [2.75, 3.05) is 11.4 Å². The second-order valence-electron chi connectivity index (χ2n) is 5.64. The minimum Gasteiger partial charge on any atom is -0.368 e. The Balaban J connectivity index is 2.26. The fourth-order valence-corrected chi connectivity index (χ4v) is 3.60. The van der Waals surface area contributed by atoms with Gasteiger partial charge in [-0.05, 0) is 43.4 Å². The summed E-state index contributed by atoms with van der Waals surface area (Å²) in [4.78, 5) is 2.54. The maximum absolute atomic E-state index is 5.95. The fraction of sp³-hybridized carbons (Fsp3) is 0.600. The zero-order valence-corrected chi connectivity index (χ0v) is 13.1. The van der Waals surface area contributed by atoms with Crippen LogP contribution >= 0.6 is 15.9 Å². The standard InChI is InChI=1S/C15H23BrN2/c1-10(2)15-5-4-8-18(15)12-6-7-13(11(3)17)14(16)9-12/h6-7,9-11,15H,4-5,8,17H2,1-3H3/t11-,15?/m0/s1. The second kappa shape index (κ2) is 5.62. The highest BCUT2D eigenvalue weighted by atomic mass is 79.9. The predicted molar refractivity (Wildman–Crippen MR) is 82.0 cm³/mol. The normalized spacial score (nSPS) is 21.7. The number of hydrogen-bond acceptors (Lipinski definition) is 2. The van der Waals surface area contributed by atoms with Gasteiger partial charge in [-0.15, -0.1) is 0 Å². The maximum Gasteiger partial charge on any atom is 0.0380 e. The molecule has 1 aromatic carbocycles. The molecule has 0 bridgehead atoms. The molecule has 0 amide bonds. The van der Waals surface area contributed by atoms with E-state index in [0.29, 0.717) is 12.0 Å². The lowest BCUT2D eigenvalue weighted by molar-refractivity contribution is 0.492. The molecular weight excluding hydrogens is 288 g/mol. The van der Waals surface area contributed by atoms with Gasteiger partial charge in [0, 0.05) is 28.8 Å². The van der Waals surface area contributed by atoms with Crippen LogP contribution in [-0.4, -0.2) is 12.6 Å². The van der Waals surface area contributed by atoms with Crippen molar-refractivity contribution in [2.24, 2.45) is 11.7 Å². The van der Waals surface area contributed by atoms with Gasteiger partial charge in [-0.3, -0.25) is 0 Å². The van der Waals surface area contributed by atoms with E-state index in [1.165, 1.54) is 30.6 Å². The topological polar surface area (TPSA) is 29.3 Å². The van der Waals surface area contributed by atoms with Crippen LogP contribution in [0.5, 0.6) is 0 Å². The lowest BCUT2D eigenvalue weighted by Crippen LogP contribution is -2.33. The van der Waals surface area contributed by atoms with Crippen molar-refractivity contribution in [1.82, 2.24) is 0 Å². The van der Waals surface area contributed by atoms with Crippen molar-refractivity contribution in [3.8, 4) is 0 Å². The van der Waals surface area contributed by atoms with Gasteiger partial charge in [-0.2, -0.15) is 0 Å². The van der Waals surface area contributed by atoms with E-state index in [4.69, 9.17) is 5.73 Å². The summed E-state index contributed by atoms with van der Waals surface area (Å²) in [6.45, 7) is 7.82. The van der Waals surface area contributed by atoms with E-state index in [1.54, 1.807) is 0 Å². The van der Waals surface area contributed by atoms with Crippen LogP contribution in [0.15, 0.2) is 22.7 Å². The van der Waals surface area contributed by atoms with Crippen molar-refractivity contribution >= 4 is 21.6 Å². The van der Waals surface area contributed by atoms with Gasteiger partial charge >= 0.3 is 0 Å². The first kappa shape index (κ1) is 13.9. The molecule has 0 radical (unpaired) electrons. The molecule has 2 nitrogen and oxygen atoms in total. The first-order valence-electron chi connectivity index (χ1n) is 6.82. The summed E-state index contributed by atoms with van der Waals surface area (Å²) in [5.74, 6) is 0.708. The van der Waals surface area contributed by atoms with Crippen molar-refractivity contribution in [3.63, 3.8) is 0 Å². The van der Waals surface area contributed by atoms with Crippen molar-refractivity contribution in [3.05, 3.63) is 28.2 Å². The molecule has 0 aliphatic carbocycles. The van der Waals surface area contributed by atoms with Gasteiger partial charge in [-0.25, -0.2) is 0 Å². The Morgan fingerprint density at radius 3 is 2.61 bits per heavy atom. The van der Waals surface area contributed by atoms with Gasteiger partial charge in [-0.1, -0.05) is 35.8 Å². The molecule has 2 N–H and O–H groups in total. The quantitative estimate of drug-likeness (QED) is 0.911. The lowest BCUT2D eigenvalue weighted by atomic mass is 10.0. The number of halogens is 1. The van der Waals surface area contributed by atoms with E-state index in [-0.39, 0.29) is 6.04 Å². The molecule has 1 heterocycles. The van der Waals surface area contributed by atoms with Gasteiger partial charge < -0.3 is 10.6 Å². The van der Waals surface area contributed by atoms with Crippen LogP contribution in [-0.2, 0) is 0 Å². The van der Waals surface area contributed by atoms with Gasteiger partial charge in [0.25, 0.3) is 0 Å². The predicted octanol–water partition coefficient (Wildman–Crippen LogP) is 4.09. The summed E-state index contributed by atoms with van der Waals surface area (Å²) in [7, 11) is 0. The number of anilines is 1. The highest BCUT2D eigenvalue weighted by Crippen LogP contribution is 2.33. The summed E-state index contributed by atoms with van der Waals surface area (Å²) in [6, 6.07) is 7.34. The van der Waals surface area contributed by atoms with Gasteiger partial charge in [0.15, 0.2) is 0 Å². The minimum absolute atomic E-state index is 0.0768. The van der Waals surface area contributed by atoms with E-state index in [0.717, 1.165) is 4.47 Å². The largest absolute Gasteiger partial charge is 0.368 e. The Morgan fingerprint density at radius 1 is 1.33 bits per heavy atom. The van der Waals surface area contributed by atoms with Crippen molar-refractivity contribution in [2.45, 2.75) is 45.7 Å². The van der Waals surface area contributed by atoms with E-state index < -0.39 is 0 Å².